The van der Waals surface area contributed by atoms with Gasteiger partial charge in [0, 0.05) is 12.4 Å². The topological polar surface area (TPSA) is 46.9 Å². The molecule has 24 heavy (non-hydrogen) atoms. The number of rotatable bonds is 7. The Bertz CT molecular complexity index is 741. The Morgan fingerprint density at radius 3 is 2.71 bits per heavy atom. The van der Waals surface area contributed by atoms with Crippen LogP contribution in [-0.4, -0.2) is 26.8 Å². The number of terminal acetylenes is 1. The summed E-state index contributed by atoms with van der Waals surface area (Å²) < 4.78 is 2.00. The van der Waals surface area contributed by atoms with Gasteiger partial charge in [0.25, 0.3) is 0 Å². The van der Waals surface area contributed by atoms with Crippen molar-refractivity contribution in [3.05, 3.63) is 42.2 Å². The van der Waals surface area contributed by atoms with Crippen molar-refractivity contribution in [2.75, 3.05) is 5.75 Å². The third-order valence-corrected chi connectivity index (χ3v) is 5.14. The summed E-state index contributed by atoms with van der Waals surface area (Å²) >= 11 is 1.41. The molecule has 1 aromatic carbocycles. The molecule has 0 radical (unpaired) electrons. The molecule has 0 aliphatic rings. The van der Waals surface area contributed by atoms with Crippen molar-refractivity contribution >= 4 is 17.7 Å². The minimum Gasteiger partial charge on any atom is -0.339 e. The molecule has 0 spiro atoms. The summed E-state index contributed by atoms with van der Waals surface area (Å²) in [5.74, 6) is 2.94. The Morgan fingerprint density at radius 2 is 2.08 bits per heavy atom. The van der Waals surface area contributed by atoms with Gasteiger partial charge in [0.15, 0.2) is 5.16 Å². The van der Waals surface area contributed by atoms with Crippen LogP contribution in [0.25, 0.3) is 5.69 Å². The van der Waals surface area contributed by atoms with Crippen molar-refractivity contribution in [3.8, 4) is 18.0 Å². The summed E-state index contributed by atoms with van der Waals surface area (Å²) in [6.07, 6.45) is 10.7. The molecule has 5 heteroatoms. The van der Waals surface area contributed by atoms with Crippen LogP contribution in [0.5, 0.6) is 0 Å². The number of nitrogens with zero attached hydrogens (tertiary/aromatic N) is 2. The number of carbonyl (C=O) groups is 1. The van der Waals surface area contributed by atoms with Gasteiger partial charge >= 0.3 is 0 Å². The lowest BCUT2D eigenvalue weighted by molar-refractivity contribution is -0.119. The Kier molecular flexibility index (Phi) is 6.10. The average Bonchev–Trinajstić information content (AvgIpc) is 3.07. The molecule has 0 saturated heterocycles. The molecule has 0 unspecified atom stereocenters. The molecule has 0 saturated carbocycles. The van der Waals surface area contributed by atoms with Gasteiger partial charge in [-0.15, -0.1) is 6.42 Å². The summed E-state index contributed by atoms with van der Waals surface area (Å²) in [7, 11) is 0. The summed E-state index contributed by atoms with van der Waals surface area (Å²) in [4.78, 5) is 16.6. The van der Waals surface area contributed by atoms with E-state index in [0.717, 1.165) is 16.4 Å². The van der Waals surface area contributed by atoms with Crippen LogP contribution in [0.1, 0.15) is 32.3 Å². The Morgan fingerprint density at radius 1 is 1.38 bits per heavy atom. The Labute approximate surface area is 148 Å². The largest absolute Gasteiger partial charge is 0.339 e. The monoisotopic (exact) mass is 341 g/mol. The number of aromatic nitrogens is 2. The van der Waals surface area contributed by atoms with E-state index in [4.69, 9.17) is 6.42 Å². The molecule has 2 aromatic rings. The summed E-state index contributed by atoms with van der Waals surface area (Å²) in [6.45, 7) is 6.03. The van der Waals surface area contributed by atoms with E-state index in [0.29, 0.717) is 12.8 Å². The minimum atomic E-state index is -0.552. The first-order valence-electron chi connectivity index (χ1n) is 8.06. The van der Waals surface area contributed by atoms with Crippen LogP contribution in [-0.2, 0) is 4.79 Å². The molecule has 0 aliphatic carbocycles. The van der Waals surface area contributed by atoms with Gasteiger partial charge in [-0.2, -0.15) is 0 Å². The number of carbonyl (C=O) groups excluding carboxylic acids is 1. The summed E-state index contributed by atoms with van der Waals surface area (Å²) in [6, 6.07) is 8.09. The molecular weight excluding hydrogens is 318 g/mol. The number of para-hydroxylation sites is 1. The van der Waals surface area contributed by atoms with Crippen molar-refractivity contribution in [2.45, 2.75) is 44.3 Å². The lowest BCUT2D eigenvalue weighted by atomic mass is 9.94. The van der Waals surface area contributed by atoms with Crippen LogP contribution in [0.15, 0.2) is 41.8 Å². The first-order valence-corrected chi connectivity index (χ1v) is 9.04. The number of thioether (sulfide) groups is 1. The Hall–Kier alpha value is -2.19. The second kappa shape index (κ2) is 8.07. The van der Waals surface area contributed by atoms with Crippen molar-refractivity contribution in [1.82, 2.24) is 14.9 Å². The predicted octanol–water partition coefficient (Wildman–Crippen LogP) is 3.58. The fourth-order valence-electron chi connectivity index (χ4n) is 2.51. The van der Waals surface area contributed by atoms with Gasteiger partial charge in [-0.05, 0) is 31.4 Å². The number of amides is 1. The van der Waals surface area contributed by atoms with Crippen LogP contribution in [0.4, 0.5) is 0 Å². The Balaban J connectivity index is 2.07. The molecule has 4 nitrogen and oxygen atoms in total. The lowest BCUT2D eigenvalue weighted by Crippen LogP contribution is -2.47. The first kappa shape index (κ1) is 18.2. The number of nitrogens with one attached hydrogen (secondary N) is 1. The maximum atomic E-state index is 12.3. The summed E-state index contributed by atoms with van der Waals surface area (Å²) in [5.41, 5.74) is 1.67. The molecule has 2 rings (SSSR count). The fourth-order valence-corrected chi connectivity index (χ4v) is 3.28. The number of hydrogen-bond acceptors (Lipinski definition) is 3. The smallest absolute Gasteiger partial charge is 0.231 e. The van der Waals surface area contributed by atoms with Crippen LogP contribution in [0.2, 0.25) is 0 Å². The highest BCUT2D eigenvalue weighted by Crippen LogP contribution is 2.23. The van der Waals surface area contributed by atoms with E-state index < -0.39 is 5.54 Å². The van der Waals surface area contributed by atoms with Crippen LogP contribution in [0.3, 0.4) is 0 Å². The first-order chi connectivity index (χ1) is 11.5. The molecular formula is C19H23N3OS. The zero-order chi connectivity index (χ0) is 17.6. The van der Waals surface area contributed by atoms with Crippen LogP contribution < -0.4 is 5.32 Å². The second-order valence-corrected chi connectivity index (χ2v) is 6.58. The van der Waals surface area contributed by atoms with Gasteiger partial charge in [-0.1, -0.05) is 49.7 Å². The minimum absolute atomic E-state index is 0.0685. The number of benzene rings is 1. The van der Waals surface area contributed by atoms with Crippen molar-refractivity contribution in [3.63, 3.8) is 0 Å². The van der Waals surface area contributed by atoms with Gasteiger partial charge < -0.3 is 5.32 Å². The number of imidazole rings is 1. The van der Waals surface area contributed by atoms with E-state index in [1.807, 2.05) is 42.8 Å². The predicted molar refractivity (Wildman–Crippen MR) is 99.3 cm³/mol. The zero-order valence-corrected chi connectivity index (χ0v) is 15.2. The maximum absolute atomic E-state index is 12.3. The molecule has 0 bridgehead atoms. The molecule has 0 fully saturated rings. The van der Waals surface area contributed by atoms with Gasteiger partial charge in [0.1, 0.15) is 5.54 Å². The van der Waals surface area contributed by atoms with Crippen molar-refractivity contribution in [2.24, 2.45) is 0 Å². The van der Waals surface area contributed by atoms with Gasteiger partial charge in [0.05, 0.1) is 11.4 Å². The molecule has 1 N–H and O–H groups in total. The molecule has 0 aliphatic heterocycles. The zero-order valence-electron chi connectivity index (χ0n) is 14.4. The van der Waals surface area contributed by atoms with Crippen molar-refractivity contribution < 1.29 is 4.79 Å². The van der Waals surface area contributed by atoms with Crippen molar-refractivity contribution in [1.29, 1.82) is 0 Å². The molecule has 1 amide bonds. The van der Waals surface area contributed by atoms with E-state index in [9.17, 15) is 4.79 Å². The van der Waals surface area contributed by atoms with E-state index in [-0.39, 0.29) is 11.7 Å². The third kappa shape index (κ3) is 4.01. The quantitative estimate of drug-likeness (QED) is 0.618. The van der Waals surface area contributed by atoms with Gasteiger partial charge in [0.2, 0.25) is 5.91 Å². The normalized spacial score (nSPS) is 11.1. The second-order valence-electron chi connectivity index (χ2n) is 5.64. The SMILES string of the molecule is C#CC(CC)(CC)NC(=O)CSc1nccn1-c1ccccc1C. The van der Waals surface area contributed by atoms with Gasteiger partial charge in [-0.25, -0.2) is 4.98 Å². The third-order valence-electron chi connectivity index (χ3n) is 4.18. The van der Waals surface area contributed by atoms with Crippen LogP contribution >= 0.6 is 11.8 Å². The van der Waals surface area contributed by atoms with Gasteiger partial charge in [-0.3, -0.25) is 9.36 Å². The van der Waals surface area contributed by atoms with E-state index in [2.05, 4.69) is 29.2 Å². The lowest BCUT2D eigenvalue weighted by Gasteiger charge is -2.26. The molecule has 126 valence electrons. The van der Waals surface area contributed by atoms with E-state index >= 15 is 0 Å². The van der Waals surface area contributed by atoms with E-state index in [1.54, 1.807) is 6.20 Å². The molecule has 0 atom stereocenters. The highest BCUT2D eigenvalue weighted by molar-refractivity contribution is 7.99. The number of hydrogen-bond donors (Lipinski definition) is 1. The average molecular weight is 341 g/mol. The molecule has 1 heterocycles. The van der Waals surface area contributed by atoms with E-state index in [1.165, 1.54) is 11.8 Å². The highest BCUT2D eigenvalue weighted by atomic mass is 32.2. The maximum Gasteiger partial charge on any atom is 0.231 e. The number of aryl methyl sites for hydroxylation is 1. The standard InChI is InChI=1S/C19H23N3OS/c1-5-19(6-2,7-3)21-17(23)14-24-18-20-12-13-22(18)16-11-9-8-10-15(16)4/h1,8-13H,6-7,14H2,2-4H3,(H,21,23). The highest BCUT2D eigenvalue weighted by Gasteiger charge is 2.25. The fraction of sp³-hybridized carbons (Fsp3) is 0.368. The molecule has 1 aromatic heterocycles. The van der Waals surface area contributed by atoms with Crippen LogP contribution in [0, 0.1) is 19.3 Å². The summed E-state index contributed by atoms with van der Waals surface area (Å²) in [5, 5.41) is 3.77.